The summed E-state index contributed by atoms with van der Waals surface area (Å²) in [4.78, 5) is 15.9. The zero-order valence-electron chi connectivity index (χ0n) is 10.8. The van der Waals surface area contributed by atoms with E-state index in [1.807, 2.05) is 18.2 Å². The van der Waals surface area contributed by atoms with E-state index in [2.05, 4.69) is 30.7 Å². The molecule has 0 bridgehead atoms. The van der Waals surface area contributed by atoms with E-state index in [0.29, 0.717) is 27.4 Å². The Morgan fingerprint density at radius 2 is 2.24 bits per heavy atom. The highest BCUT2D eigenvalue weighted by Crippen LogP contribution is 2.27. The summed E-state index contributed by atoms with van der Waals surface area (Å²) in [6.07, 6.45) is 0. The number of carbonyl (C=O) groups is 1. The summed E-state index contributed by atoms with van der Waals surface area (Å²) in [7, 11) is 1.29. The average Bonchev–Trinajstić information content (AvgIpc) is 3.04. The topological polar surface area (TPSA) is 69.6 Å². The summed E-state index contributed by atoms with van der Waals surface area (Å²) in [6, 6.07) is 7.23. The molecule has 8 heteroatoms. The number of esters is 1. The summed E-state index contributed by atoms with van der Waals surface area (Å²) in [5.41, 5.74) is 1.22. The van der Waals surface area contributed by atoms with Gasteiger partial charge in [-0.3, -0.25) is 0 Å². The van der Waals surface area contributed by atoms with E-state index < -0.39 is 5.97 Å². The first kappa shape index (κ1) is 14.1. The van der Waals surface area contributed by atoms with Crippen molar-refractivity contribution in [3.8, 4) is 11.4 Å². The van der Waals surface area contributed by atoms with Crippen molar-refractivity contribution < 1.29 is 13.9 Å². The minimum Gasteiger partial charge on any atom is -0.463 e. The predicted molar refractivity (Wildman–Crippen MR) is 79.7 cm³/mol. The molecule has 2 aromatic heterocycles. The monoisotopic (exact) mass is 369 g/mol. The molecule has 3 rings (SSSR count). The quantitative estimate of drug-likeness (QED) is 0.522. The fourth-order valence-corrected chi connectivity index (χ4v) is 2.62. The van der Waals surface area contributed by atoms with Gasteiger partial charge in [-0.05, 0) is 12.1 Å². The molecule has 0 spiro atoms. The zero-order chi connectivity index (χ0) is 15.0. The molecule has 0 aliphatic carbocycles. The van der Waals surface area contributed by atoms with Gasteiger partial charge in [0.05, 0.1) is 12.1 Å². The van der Waals surface area contributed by atoms with E-state index in [9.17, 15) is 4.79 Å². The van der Waals surface area contributed by atoms with E-state index >= 15 is 0 Å². The van der Waals surface area contributed by atoms with Gasteiger partial charge in [-0.15, -0.1) is 5.10 Å². The van der Waals surface area contributed by atoms with E-state index in [1.165, 1.54) is 11.6 Å². The molecule has 2 heterocycles. The smallest absolute Gasteiger partial charge is 0.376 e. The van der Waals surface area contributed by atoms with E-state index in [0.717, 1.165) is 0 Å². The van der Waals surface area contributed by atoms with Gasteiger partial charge in [0, 0.05) is 10.9 Å². The van der Waals surface area contributed by atoms with Crippen molar-refractivity contribution in [1.29, 1.82) is 0 Å². The van der Waals surface area contributed by atoms with Crippen LogP contribution >= 0.6 is 27.5 Å². The molecule has 0 atom stereocenters. The van der Waals surface area contributed by atoms with Crippen LogP contribution < -0.4 is 0 Å². The normalized spacial score (nSPS) is 11.0. The third kappa shape index (κ3) is 2.32. The summed E-state index contributed by atoms with van der Waals surface area (Å²) >= 11 is 9.43. The van der Waals surface area contributed by atoms with Crippen LogP contribution in [0.2, 0.25) is 5.02 Å². The summed E-state index contributed by atoms with van der Waals surface area (Å²) < 4.78 is 11.6. The largest absolute Gasteiger partial charge is 0.463 e. The van der Waals surface area contributed by atoms with Gasteiger partial charge < -0.3 is 9.15 Å². The highest BCUT2D eigenvalue weighted by atomic mass is 79.9. The number of methoxy groups -OCH3 is 1. The Kier molecular flexibility index (Phi) is 3.69. The number of nitrogens with zero attached hydrogens (tertiary/aromatic N) is 3. The third-order valence-electron chi connectivity index (χ3n) is 2.90. The lowest BCUT2D eigenvalue weighted by atomic mass is 10.2. The molecule has 0 fully saturated rings. The number of hydrogen-bond donors (Lipinski definition) is 0. The molecule has 0 aliphatic heterocycles. The number of hydrogen-bond acceptors (Lipinski definition) is 5. The highest BCUT2D eigenvalue weighted by Gasteiger charge is 2.24. The molecule has 0 aliphatic rings. The number of aromatic nitrogens is 3. The number of alkyl halides is 1. The molecular weight excluding hydrogens is 362 g/mol. The van der Waals surface area contributed by atoms with Gasteiger partial charge in [0.2, 0.25) is 5.76 Å². The van der Waals surface area contributed by atoms with Crippen LogP contribution in [-0.4, -0.2) is 27.7 Å². The van der Waals surface area contributed by atoms with Crippen LogP contribution in [0.5, 0.6) is 0 Å². The lowest BCUT2D eigenvalue weighted by Crippen LogP contribution is -2.04. The first-order valence-electron chi connectivity index (χ1n) is 5.93. The molecule has 0 saturated heterocycles. The number of halogens is 2. The molecule has 0 N–H and O–H groups in total. The Hall–Kier alpha value is -1.86. The molecule has 21 heavy (non-hydrogen) atoms. The van der Waals surface area contributed by atoms with Crippen LogP contribution in [-0.2, 0) is 10.1 Å². The lowest BCUT2D eigenvalue weighted by molar-refractivity contribution is 0.0566. The second kappa shape index (κ2) is 5.50. The van der Waals surface area contributed by atoms with Crippen molar-refractivity contribution >= 4 is 39.3 Å². The minimum absolute atomic E-state index is 0.0788. The number of oxazole rings is 1. The second-order valence-electron chi connectivity index (χ2n) is 4.11. The van der Waals surface area contributed by atoms with Gasteiger partial charge in [-0.1, -0.05) is 39.7 Å². The number of carbonyl (C=O) groups excluding carboxylic acids is 1. The van der Waals surface area contributed by atoms with Gasteiger partial charge in [0.1, 0.15) is 5.69 Å². The van der Waals surface area contributed by atoms with Crippen LogP contribution in [0, 0.1) is 0 Å². The maximum absolute atomic E-state index is 11.6. The van der Waals surface area contributed by atoms with Crippen LogP contribution in [0.1, 0.15) is 16.2 Å². The van der Waals surface area contributed by atoms with Gasteiger partial charge in [0.15, 0.2) is 5.82 Å². The Balaban J connectivity index is 2.16. The van der Waals surface area contributed by atoms with Crippen LogP contribution in [0.4, 0.5) is 0 Å². The van der Waals surface area contributed by atoms with Crippen LogP contribution in [0.3, 0.4) is 0 Å². The zero-order valence-corrected chi connectivity index (χ0v) is 13.2. The number of benzene rings is 1. The molecule has 6 nitrogen and oxygen atoms in total. The second-order valence-corrected chi connectivity index (χ2v) is 5.08. The Morgan fingerprint density at radius 1 is 1.48 bits per heavy atom. The van der Waals surface area contributed by atoms with Crippen molar-refractivity contribution in [3.63, 3.8) is 0 Å². The number of ether oxygens (including phenoxy) is 1. The van der Waals surface area contributed by atoms with E-state index in [-0.39, 0.29) is 11.6 Å². The minimum atomic E-state index is -0.573. The first-order chi connectivity index (χ1) is 10.2. The van der Waals surface area contributed by atoms with Crippen molar-refractivity contribution in [2.24, 2.45) is 0 Å². The van der Waals surface area contributed by atoms with Gasteiger partial charge in [-0.2, -0.15) is 9.50 Å². The molecular formula is C13H9BrClN3O3. The Labute approximate surface area is 132 Å². The lowest BCUT2D eigenvalue weighted by Gasteiger charge is -1.98. The highest BCUT2D eigenvalue weighted by molar-refractivity contribution is 9.08. The van der Waals surface area contributed by atoms with Gasteiger partial charge in [0.25, 0.3) is 0 Å². The molecule has 0 unspecified atom stereocenters. The van der Waals surface area contributed by atoms with Crippen molar-refractivity contribution in [3.05, 3.63) is 40.7 Å². The molecule has 0 amide bonds. The van der Waals surface area contributed by atoms with E-state index in [4.69, 9.17) is 16.0 Å². The number of fused-ring (bicyclic) bond motifs is 1. The summed E-state index contributed by atoms with van der Waals surface area (Å²) in [5, 5.41) is 5.25. The first-order valence-corrected chi connectivity index (χ1v) is 7.43. The average molecular weight is 371 g/mol. The molecule has 1 aromatic carbocycles. The summed E-state index contributed by atoms with van der Waals surface area (Å²) in [5.74, 6) is 0.142. The standard InChI is InChI=1S/C13H9BrClN3O3/c1-20-12(19)10-9(6-14)18-13(21-10)16-11(17-18)7-4-2-3-5-8(7)15/h2-5H,6H2,1H3. The van der Waals surface area contributed by atoms with Crippen LogP contribution in [0.25, 0.3) is 17.2 Å². The van der Waals surface area contributed by atoms with Crippen molar-refractivity contribution in [2.45, 2.75) is 5.33 Å². The van der Waals surface area contributed by atoms with E-state index in [1.54, 1.807) is 6.07 Å². The Bertz CT molecular complexity index is 827. The van der Waals surface area contributed by atoms with Crippen LogP contribution in [0.15, 0.2) is 28.7 Å². The van der Waals surface area contributed by atoms with Crippen molar-refractivity contribution in [1.82, 2.24) is 14.6 Å². The maximum atomic E-state index is 11.6. The predicted octanol–water partition coefficient (Wildman–Crippen LogP) is 3.32. The summed E-state index contributed by atoms with van der Waals surface area (Å²) in [6.45, 7) is 0. The molecule has 108 valence electrons. The fraction of sp³-hybridized carbons (Fsp3) is 0.154. The molecule has 3 aromatic rings. The van der Waals surface area contributed by atoms with Crippen molar-refractivity contribution in [2.75, 3.05) is 7.11 Å². The molecule has 0 saturated carbocycles. The van der Waals surface area contributed by atoms with Gasteiger partial charge >= 0.3 is 11.8 Å². The fourth-order valence-electron chi connectivity index (χ4n) is 1.91. The molecule has 0 radical (unpaired) electrons. The number of rotatable bonds is 3. The SMILES string of the molecule is COC(=O)c1oc2nc(-c3ccccc3Cl)nn2c1CBr. The Morgan fingerprint density at radius 3 is 2.90 bits per heavy atom. The van der Waals surface area contributed by atoms with Gasteiger partial charge in [-0.25, -0.2) is 4.79 Å². The maximum Gasteiger partial charge on any atom is 0.376 e. The third-order valence-corrected chi connectivity index (χ3v) is 3.76.